The van der Waals surface area contributed by atoms with Gasteiger partial charge in [-0.3, -0.25) is 0 Å². The molecule has 11 aromatic carbocycles. The van der Waals surface area contributed by atoms with Crippen LogP contribution in [0.25, 0.3) is 109 Å². The van der Waals surface area contributed by atoms with E-state index in [9.17, 15) is 0 Å². The van der Waals surface area contributed by atoms with E-state index in [0.717, 1.165) is 72.1 Å². The van der Waals surface area contributed by atoms with Crippen LogP contribution in [0.4, 0.5) is 17.1 Å². The van der Waals surface area contributed by atoms with E-state index in [1.165, 1.54) is 75.8 Å². The summed E-state index contributed by atoms with van der Waals surface area (Å²) in [5, 5.41) is 6.65. The van der Waals surface area contributed by atoms with Gasteiger partial charge in [0.25, 0.3) is 0 Å². The number of benzene rings is 11. The lowest BCUT2D eigenvalue weighted by Crippen LogP contribution is -2.25. The monoisotopic (exact) mass is 921 g/mol. The molecule has 330 valence electrons. The fraction of sp³-hybridized carbons (Fsp3) is 0.0149. The molecule has 0 amide bonds. The van der Waals surface area contributed by atoms with Gasteiger partial charge >= 0.3 is 0 Å². The van der Waals surface area contributed by atoms with E-state index < -0.39 is 5.41 Å². The van der Waals surface area contributed by atoms with E-state index in [2.05, 4.69) is 241 Å². The van der Waals surface area contributed by atoms with Crippen LogP contribution in [0.15, 0.2) is 245 Å². The van der Waals surface area contributed by atoms with Crippen LogP contribution in [-0.4, -0.2) is 0 Å². The summed E-state index contributed by atoms with van der Waals surface area (Å²) in [4.78, 5) is 2.41. The van der Waals surface area contributed by atoms with E-state index in [1.807, 2.05) is 11.3 Å². The fourth-order valence-corrected chi connectivity index (χ4v) is 13.9. The fourth-order valence-electron chi connectivity index (χ4n) is 12.7. The van der Waals surface area contributed by atoms with E-state index >= 15 is 0 Å². The van der Waals surface area contributed by atoms with Crippen LogP contribution >= 0.6 is 11.3 Å². The predicted octanol–water partition coefficient (Wildman–Crippen LogP) is 19.0. The quantitative estimate of drug-likeness (QED) is 0.172. The van der Waals surface area contributed by atoms with Gasteiger partial charge in [0, 0.05) is 48.3 Å². The minimum atomic E-state index is -0.494. The lowest BCUT2D eigenvalue weighted by molar-refractivity contribution is 0.665. The molecule has 0 unspecified atom stereocenters. The summed E-state index contributed by atoms with van der Waals surface area (Å²) in [6.07, 6.45) is 0. The van der Waals surface area contributed by atoms with Crippen molar-refractivity contribution in [1.29, 1.82) is 0 Å². The Kier molecular flexibility index (Phi) is 7.97. The van der Waals surface area contributed by atoms with Crippen molar-refractivity contribution in [3.05, 3.63) is 259 Å². The summed E-state index contributed by atoms with van der Waals surface area (Å²) in [6.45, 7) is 0. The Hall–Kier alpha value is -8.96. The molecule has 3 aromatic heterocycles. The van der Waals surface area contributed by atoms with Crippen molar-refractivity contribution >= 4 is 92.4 Å². The maximum Gasteiger partial charge on any atom is 0.159 e. The van der Waals surface area contributed by atoms with Crippen LogP contribution in [0.5, 0.6) is 0 Å². The van der Waals surface area contributed by atoms with E-state index in [1.54, 1.807) is 0 Å². The number of hydrogen-bond acceptors (Lipinski definition) is 4. The van der Waals surface area contributed by atoms with Crippen molar-refractivity contribution < 1.29 is 8.83 Å². The smallest absolute Gasteiger partial charge is 0.159 e. The number of para-hydroxylation sites is 2. The minimum Gasteiger partial charge on any atom is -0.456 e. The highest BCUT2D eigenvalue weighted by Gasteiger charge is 2.52. The first-order chi connectivity index (χ1) is 35.2. The first-order valence-electron chi connectivity index (χ1n) is 24.3. The Morgan fingerprint density at radius 3 is 1.72 bits per heavy atom. The molecule has 3 heterocycles. The Morgan fingerprint density at radius 1 is 0.352 bits per heavy atom. The van der Waals surface area contributed by atoms with Crippen molar-refractivity contribution in [2.24, 2.45) is 0 Å². The third-order valence-corrected chi connectivity index (χ3v) is 16.7. The number of rotatable bonds is 5. The normalized spacial score (nSPS) is 13.2. The van der Waals surface area contributed by atoms with Crippen LogP contribution in [0.2, 0.25) is 0 Å². The van der Waals surface area contributed by atoms with Crippen molar-refractivity contribution in [3.8, 4) is 44.5 Å². The number of fused-ring (bicyclic) bond motifs is 19. The molecule has 71 heavy (non-hydrogen) atoms. The zero-order valence-corrected chi connectivity index (χ0v) is 39.0. The molecule has 2 aliphatic rings. The van der Waals surface area contributed by atoms with Gasteiger partial charge in [0.15, 0.2) is 5.58 Å². The molecule has 0 aliphatic heterocycles. The predicted molar refractivity (Wildman–Crippen MR) is 296 cm³/mol. The molecule has 0 fully saturated rings. The van der Waals surface area contributed by atoms with Crippen LogP contribution in [-0.2, 0) is 5.41 Å². The van der Waals surface area contributed by atoms with Crippen molar-refractivity contribution in [2.45, 2.75) is 5.41 Å². The SMILES string of the molecule is c1ccc(-c2ccc(N(c3cccc4c3oc3c(-c5cccc6c5-c5ccccc5C65c6ccccc6-c6ccccc65)c5c(cc34)oc3ccccc35)c3cccc4c3sc3ccccc34)cc2)cc1. The van der Waals surface area contributed by atoms with Gasteiger partial charge in [-0.1, -0.05) is 194 Å². The molecule has 16 rings (SSSR count). The molecule has 0 saturated heterocycles. The zero-order valence-electron chi connectivity index (χ0n) is 38.2. The second-order valence-corrected chi connectivity index (χ2v) is 20.0. The van der Waals surface area contributed by atoms with Gasteiger partial charge in [-0.2, -0.15) is 0 Å². The molecule has 3 nitrogen and oxygen atoms in total. The van der Waals surface area contributed by atoms with Gasteiger partial charge in [0.2, 0.25) is 0 Å². The molecule has 0 saturated carbocycles. The topological polar surface area (TPSA) is 29.5 Å². The molecular formula is C67H39NO2S. The highest BCUT2D eigenvalue weighted by atomic mass is 32.1. The second kappa shape index (κ2) is 14.5. The largest absolute Gasteiger partial charge is 0.456 e. The number of anilines is 3. The molecular weight excluding hydrogens is 883 g/mol. The number of thiophene rings is 1. The van der Waals surface area contributed by atoms with Crippen LogP contribution in [0.3, 0.4) is 0 Å². The highest BCUT2D eigenvalue weighted by molar-refractivity contribution is 7.26. The number of furan rings is 2. The lowest BCUT2D eigenvalue weighted by Gasteiger charge is -2.30. The maximum absolute atomic E-state index is 7.68. The lowest BCUT2D eigenvalue weighted by atomic mass is 9.70. The molecule has 4 heteroatoms. The number of nitrogens with zero attached hydrogens (tertiary/aromatic N) is 1. The van der Waals surface area contributed by atoms with Crippen molar-refractivity contribution in [3.63, 3.8) is 0 Å². The van der Waals surface area contributed by atoms with Crippen LogP contribution in [0, 0.1) is 0 Å². The van der Waals surface area contributed by atoms with Gasteiger partial charge in [-0.15, -0.1) is 11.3 Å². The molecule has 2 aliphatic carbocycles. The molecule has 1 spiro atoms. The van der Waals surface area contributed by atoms with Gasteiger partial charge < -0.3 is 13.7 Å². The van der Waals surface area contributed by atoms with E-state index in [0.29, 0.717) is 0 Å². The van der Waals surface area contributed by atoms with Crippen LogP contribution in [0.1, 0.15) is 22.3 Å². The zero-order chi connectivity index (χ0) is 46.4. The Bertz CT molecular complexity index is 4490. The summed E-state index contributed by atoms with van der Waals surface area (Å²) >= 11 is 1.84. The molecule has 0 bridgehead atoms. The summed E-state index contributed by atoms with van der Waals surface area (Å²) in [5.41, 5.74) is 20.7. The van der Waals surface area contributed by atoms with E-state index in [4.69, 9.17) is 8.83 Å². The second-order valence-electron chi connectivity index (χ2n) is 19.0. The molecule has 14 aromatic rings. The Balaban J connectivity index is 1.00. The third kappa shape index (κ3) is 5.21. The minimum absolute atomic E-state index is 0.494. The van der Waals surface area contributed by atoms with Gasteiger partial charge in [-0.25, -0.2) is 0 Å². The summed E-state index contributed by atoms with van der Waals surface area (Å²) < 4.78 is 17.1. The molecule has 0 N–H and O–H groups in total. The average molecular weight is 922 g/mol. The summed E-state index contributed by atoms with van der Waals surface area (Å²) in [6, 6.07) is 86.4. The van der Waals surface area contributed by atoms with Gasteiger partial charge in [-0.05, 0) is 104 Å². The highest BCUT2D eigenvalue weighted by Crippen LogP contribution is 2.65. The average Bonchev–Trinajstić information content (AvgIpc) is 4.25. The first kappa shape index (κ1) is 38.9. The standard InChI is InChI=1S/C67H39NO2S/c1-2-17-40(18-3-1)41-35-37-42(38-36-41)68(57-32-16-25-47-45-21-8-13-34-60(45)71-66(47)57)56-31-15-24-46-51-39-59-62(49-23-7-12-33-58(49)69-59)63(65(51)70-64(46)56)50-26-14-30-55-61(50)48-22-6-11-29-54(48)67(55)52-27-9-4-19-43(52)44-20-5-10-28-53(44)67/h1-39H. The van der Waals surface area contributed by atoms with Crippen molar-refractivity contribution in [2.75, 3.05) is 4.90 Å². The first-order valence-corrected chi connectivity index (χ1v) is 25.1. The van der Waals surface area contributed by atoms with Gasteiger partial charge in [0.05, 0.1) is 21.5 Å². The van der Waals surface area contributed by atoms with Crippen LogP contribution < -0.4 is 4.90 Å². The molecule has 0 radical (unpaired) electrons. The summed E-state index contributed by atoms with van der Waals surface area (Å²) in [5.74, 6) is 0. The molecule has 0 atom stereocenters. The van der Waals surface area contributed by atoms with Gasteiger partial charge in [0.1, 0.15) is 16.7 Å². The summed E-state index contributed by atoms with van der Waals surface area (Å²) in [7, 11) is 0. The Morgan fingerprint density at radius 2 is 0.930 bits per heavy atom. The Labute approximate surface area is 412 Å². The van der Waals surface area contributed by atoms with E-state index in [-0.39, 0.29) is 0 Å². The van der Waals surface area contributed by atoms with Crippen molar-refractivity contribution in [1.82, 2.24) is 0 Å². The maximum atomic E-state index is 7.68. The number of hydrogen-bond donors (Lipinski definition) is 0. The third-order valence-electron chi connectivity index (χ3n) is 15.5.